The lowest BCUT2D eigenvalue weighted by molar-refractivity contribution is -0.126. The lowest BCUT2D eigenvalue weighted by Crippen LogP contribution is -2.42. The van der Waals surface area contributed by atoms with Crippen LogP contribution in [0.3, 0.4) is 0 Å². The summed E-state index contributed by atoms with van der Waals surface area (Å²) >= 11 is 0. The van der Waals surface area contributed by atoms with Gasteiger partial charge < -0.3 is 19.8 Å². The molecule has 7 aliphatic rings. The number of carbonyl (C=O) groups excluding carboxylic acids is 4. The number of piperidine rings is 2. The molecule has 4 N–H and O–H groups in total. The number of hydrogen-bond donors (Lipinski definition) is 4. The molecule has 11 rings (SSSR count). The summed E-state index contributed by atoms with van der Waals surface area (Å²) in [5, 5.41) is 7.21. The highest BCUT2D eigenvalue weighted by Gasteiger charge is 2.41. The van der Waals surface area contributed by atoms with Crippen molar-refractivity contribution in [2.45, 2.75) is 57.8 Å². The molecule has 4 bridgehead atoms. The number of amides is 4. The van der Waals surface area contributed by atoms with Crippen LogP contribution in [0.15, 0.2) is 59.9 Å². The molecule has 0 unspecified atom stereocenters. The standard InChI is InChI=1S/C39H40N6O4/c46-36-32-30-24-8-4-6-10-26(24)40-28(30)12-2-1-3-13-29-31(25-9-5-7-11-27(25)41-29)33-35(39(49)43-37(33)47)45-20-16-23(17-21-45)22-14-18-44(19-15-22)34(32)38(48)42-36/h4-11,22-23,40-41H,1-3,12-21H2,(H,42,46,48)(H,43,47,49). The van der Waals surface area contributed by atoms with E-state index in [1.54, 1.807) is 0 Å². The van der Waals surface area contributed by atoms with E-state index in [9.17, 15) is 19.2 Å². The highest BCUT2D eigenvalue weighted by molar-refractivity contribution is 6.38. The number of imide groups is 2. The topological polar surface area (TPSA) is 130 Å². The highest BCUT2D eigenvalue weighted by Crippen LogP contribution is 2.41. The molecule has 49 heavy (non-hydrogen) atoms. The monoisotopic (exact) mass is 656 g/mol. The van der Waals surface area contributed by atoms with Crippen LogP contribution in [0.4, 0.5) is 0 Å². The van der Waals surface area contributed by atoms with Crippen LogP contribution in [0.25, 0.3) is 33.0 Å². The maximum Gasteiger partial charge on any atom is 0.275 e. The highest BCUT2D eigenvalue weighted by atomic mass is 16.2. The number of aromatic nitrogens is 2. The van der Waals surface area contributed by atoms with E-state index in [0.29, 0.717) is 34.4 Å². The Kier molecular flexibility index (Phi) is 7.21. The molecule has 7 aliphatic heterocycles. The molecular weight excluding hydrogens is 616 g/mol. The van der Waals surface area contributed by atoms with Crippen LogP contribution in [0.2, 0.25) is 0 Å². The Labute approximate surface area is 284 Å². The van der Waals surface area contributed by atoms with E-state index in [2.05, 4.69) is 30.4 Å². The van der Waals surface area contributed by atoms with E-state index in [4.69, 9.17) is 0 Å². The van der Waals surface area contributed by atoms with E-state index >= 15 is 0 Å². The summed E-state index contributed by atoms with van der Waals surface area (Å²) in [5.74, 6) is -0.247. The normalized spacial score (nSPS) is 23.5. The number of nitrogens with zero attached hydrogens (tertiary/aromatic N) is 2. The summed E-state index contributed by atoms with van der Waals surface area (Å²) in [6.45, 7) is 2.88. The van der Waals surface area contributed by atoms with Crippen LogP contribution in [-0.4, -0.2) is 69.6 Å². The van der Waals surface area contributed by atoms with Crippen LogP contribution in [0.5, 0.6) is 0 Å². The summed E-state index contributed by atoms with van der Waals surface area (Å²) in [7, 11) is 0. The molecule has 2 fully saturated rings. The van der Waals surface area contributed by atoms with Gasteiger partial charge in [0.2, 0.25) is 0 Å². The minimum Gasteiger partial charge on any atom is -0.366 e. The number of aryl methyl sites for hydroxylation is 2. The third-order valence-electron chi connectivity index (χ3n) is 11.6. The molecule has 10 nitrogen and oxygen atoms in total. The Morgan fingerprint density at radius 3 is 1.35 bits per heavy atom. The molecule has 9 heterocycles. The molecule has 0 atom stereocenters. The molecule has 2 aromatic carbocycles. The molecule has 10 heteroatoms. The van der Waals surface area contributed by atoms with Crippen molar-refractivity contribution in [3.8, 4) is 0 Å². The number of rotatable bonds is 0. The first-order valence-corrected chi connectivity index (χ1v) is 17.9. The first-order chi connectivity index (χ1) is 24.0. The second-order valence-electron chi connectivity index (χ2n) is 14.3. The molecule has 2 aromatic heterocycles. The fourth-order valence-corrected chi connectivity index (χ4v) is 9.27. The summed E-state index contributed by atoms with van der Waals surface area (Å²) in [6.07, 6.45) is 7.88. The fraction of sp³-hybridized carbons (Fsp3) is 0.385. The largest absolute Gasteiger partial charge is 0.366 e. The van der Waals surface area contributed by atoms with Gasteiger partial charge in [0.05, 0.1) is 11.1 Å². The van der Waals surface area contributed by atoms with Gasteiger partial charge >= 0.3 is 0 Å². The number of benzene rings is 2. The van der Waals surface area contributed by atoms with E-state index in [1.807, 2.05) is 48.5 Å². The first-order valence-electron chi connectivity index (χ1n) is 17.9. The Bertz CT molecular complexity index is 1970. The zero-order valence-corrected chi connectivity index (χ0v) is 27.5. The van der Waals surface area contributed by atoms with Gasteiger partial charge in [-0.05, 0) is 75.3 Å². The molecular formula is C39H40N6O4. The second-order valence-corrected chi connectivity index (χ2v) is 14.3. The average Bonchev–Trinajstić information content (AvgIpc) is 3.83. The van der Waals surface area contributed by atoms with Crippen molar-refractivity contribution in [2.75, 3.05) is 26.2 Å². The maximum atomic E-state index is 13.6. The van der Waals surface area contributed by atoms with Crippen LogP contribution >= 0.6 is 0 Å². The van der Waals surface area contributed by atoms with Crippen molar-refractivity contribution in [1.29, 1.82) is 0 Å². The number of para-hydroxylation sites is 2. The number of fused-ring (bicyclic) bond motifs is 4. The Balaban J connectivity index is 1.13. The van der Waals surface area contributed by atoms with Gasteiger partial charge in [-0.25, -0.2) is 0 Å². The van der Waals surface area contributed by atoms with Gasteiger partial charge in [0.15, 0.2) is 0 Å². The zero-order chi connectivity index (χ0) is 33.2. The molecule has 4 amide bonds. The number of aromatic amines is 2. The van der Waals surface area contributed by atoms with Crippen LogP contribution in [0.1, 0.15) is 67.5 Å². The zero-order valence-electron chi connectivity index (χ0n) is 27.5. The lowest BCUT2D eigenvalue weighted by Gasteiger charge is -2.41. The third kappa shape index (κ3) is 4.90. The molecule has 0 saturated carbocycles. The van der Waals surface area contributed by atoms with Crippen LogP contribution in [-0.2, 0) is 32.0 Å². The number of carbonyl (C=O) groups is 4. The summed E-state index contributed by atoms with van der Waals surface area (Å²) in [4.78, 5) is 65.4. The van der Waals surface area contributed by atoms with Crippen molar-refractivity contribution in [3.05, 3.63) is 82.4 Å². The molecule has 2 saturated heterocycles. The minimum absolute atomic E-state index is 0.302. The van der Waals surface area contributed by atoms with Crippen molar-refractivity contribution in [1.82, 2.24) is 30.4 Å². The molecule has 250 valence electrons. The lowest BCUT2D eigenvalue weighted by atomic mass is 9.78. The first kappa shape index (κ1) is 30.0. The van der Waals surface area contributed by atoms with Gasteiger partial charge in [-0.1, -0.05) is 42.8 Å². The molecule has 0 aliphatic carbocycles. The second kappa shape index (κ2) is 11.8. The van der Waals surface area contributed by atoms with Gasteiger partial charge in [-0.3, -0.25) is 29.8 Å². The van der Waals surface area contributed by atoms with Crippen molar-refractivity contribution >= 4 is 56.6 Å². The number of H-pyrrole nitrogens is 2. The summed E-state index contributed by atoms with van der Waals surface area (Å²) in [6, 6.07) is 16.1. The van der Waals surface area contributed by atoms with Crippen molar-refractivity contribution in [3.63, 3.8) is 0 Å². The Morgan fingerprint density at radius 1 is 0.510 bits per heavy atom. The smallest absolute Gasteiger partial charge is 0.275 e. The van der Waals surface area contributed by atoms with Crippen LogP contribution in [0, 0.1) is 11.8 Å². The SMILES string of the molecule is O=C1NC(=O)C2=C1c1c([nH]c3ccccc13)CCCCCc1[nH]c3ccccc3c1C1=C(C(=O)NC1=O)N1CCC(CC1)C1CCN2CC1. The Morgan fingerprint density at radius 2 is 0.918 bits per heavy atom. The average molecular weight is 657 g/mol. The third-order valence-corrected chi connectivity index (χ3v) is 11.6. The predicted octanol–water partition coefficient (Wildman–Crippen LogP) is 4.78. The molecule has 4 aromatic rings. The van der Waals surface area contributed by atoms with Crippen molar-refractivity contribution < 1.29 is 19.2 Å². The van der Waals surface area contributed by atoms with Crippen LogP contribution < -0.4 is 10.6 Å². The predicted molar refractivity (Wildman–Crippen MR) is 187 cm³/mol. The van der Waals surface area contributed by atoms with Gasteiger partial charge in [-0.2, -0.15) is 0 Å². The summed E-state index contributed by atoms with van der Waals surface area (Å²) in [5.41, 5.74) is 7.61. The van der Waals surface area contributed by atoms with Gasteiger partial charge in [0, 0.05) is 70.5 Å². The number of hydrogen-bond acceptors (Lipinski definition) is 6. The van der Waals surface area contributed by atoms with Gasteiger partial charge in [-0.15, -0.1) is 0 Å². The van der Waals surface area contributed by atoms with E-state index in [1.165, 1.54) is 0 Å². The number of nitrogens with one attached hydrogen (secondary N) is 4. The quantitative estimate of drug-likeness (QED) is 0.202. The van der Waals surface area contributed by atoms with Gasteiger partial charge in [0.1, 0.15) is 11.4 Å². The van der Waals surface area contributed by atoms with Crippen molar-refractivity contribution in [2.24, 2.45) is 11.8 Å². The molecule has 0 spiro atoms. The maximum absolute atomic E-state index is 13.6. The fourth-order valence-electron chi connectivity index (χ4n) is 9.27. The van der Waals surface area contributed by atoms with E-state index in [-0.39, 0.29) is 23.6 Å². The summed E-state index contributed by atoms with van der Waals surface area (Å²) < 4.78 is 0. The van der Waals surface area contributed by atoms with E-state index in [0.717, 1.165) is 128 Å². The molecule has 0 radical (unpaired) electrons. The minimum atomic E-state index is -0.315. The van der Waals surface area contributed by atoms with Gasteiger partial charge in [0.25, 0.3) is 23.6 Å². The Hall–Kier alpha value is -5.12. The van der Waals surface area contributed by atoms with E-state index < -0.39 is 0 Å².